The second-order valence-electron chi connectivity index (χ2n) is 3.46. The predicted octanol–water partition coefficient (Wildman–Crippen LogP) is 2.06. The summed E-state index contributed by atoms with van der Waals surface area (Å²) in [5.41, 5.74) is 0.683. The van der Waals surface area contributed by atoms with Crippen LogP contribution in [0.25, 0.3) is 0 Å². The van der Waals surface area contributed by atoms with Gasteiger partial charge in [-0.1, -0.05) is 6.92 Å². The summed E-state index contributed by atoms with van der Waals surface area (Å²) < 4.78 is 5.99. The number of benzene rings is 1. The number of carbonyl (C=O) groups excluding carboxylic acids is 1. The highest BCUT2D eigenvalue weighted by Crippen LogP contribution is 2.19. The van der Waals surface area contributed by atoms with Gasteiger partial charge in [-0.15, -0.1) is 12.4 Å². The molecule has 0 unspecified atom stereocenters. The fourth-order valence-electron chi connectivity index (χ4n) is 1.34. The van der Waals surface area contributed by atoms with Gasteiger partial charge in [-0.3, -0.25) is 4.79 Å². The minimum Gasteiger partial charge on any atom is -0.497 e. The highest BCUT2D eigenvalue weighted by molar-refractivity contribution is 14.1. The van der Waals surface area contributed by atoms with Crippen molar-refractivity contribution in [3.8, 4) is 5.75 Å². The molecule has 0 saturated heterocycles. The monoisotopic (exact) mass is 384 g/mol. The number of halogens is 2. The Morgan fingerprint density at radius 1 is 1.39 bits per heavy atom. The van der Waals surface area contributed by atoms with Crippen LogP contribution in [0.2, 0.25) is 0 Å². The SMILES string of the molecule is CCNCCNC(=O)c1ccc(OC)cc1I.Cl. The van der Waals surface area contributed by atoms with Gasteiger partial charge in [0.05, 0.1) is 12.7 Å². The highest BCUT2D eigenvalue weighted by Gasteiger charge is 2.09. The lowest BCUT2D eigenvalue weighted by atomic mass is 10.2. The minimum atomic E-state index is -0.0463. The Bertz CT molecular complexity index is 388. The topological polar surface area (TPSA) is 50.4 Å². The van der Waals surface area contributed by atoms with Crippen molar-refractivity contribution in [1.29, 1.82) is 0 Å². The average Bonchev–Trinajstić information content (AvgIpc) is 2.34. The Morgan fingerprint density at radius 3 is 2.67 bits per heavy atom. The zero-order valence-electron chi connectivity index (χ0n) is 10.5. The number of rotatable bonds is 6. The molecule has 0 aliphatic carbocycles. The average molecular weight is 385 g/mol. The molecule has 0 bridgehead atoms. The molecule has 1 rings (SSSR count). The van der Waals surface area contributed by atoms with Crippen LogP contribution < -0.4 is 15.4 Å². The quantitative estimate of drug-likeness (QED) is 0.583. The van der Waals surface area contributed by atoms with Crippen LogP contribution in [0.3, 0.4) is 0 Å². The number of hydrogen-bond acceptors (Lipinski definition) is 3. The van der Waals surface area contributed by atoms with Crippen molar-refractivity contribution in [3.05, 3.63) is 27.3 Å². The maximum Gasteiger partial charge on any atom is 0.252 e. The lowest BCUT2D eigenvalue weighted by Crippen LogP contribution is -2.32. The fraction of sp³-hybridized carbons (Fsp3) is 0.417. The number of hydrogen-bond donors (Lipinski definition) is 2. The van der Waals surface area contributed by atoms with Crippen molar-refractivity contribution in [1.82, 2.24) is 10.6 Å². The summed E-state index contributed by atoms with van der Waals surface area (Å²) in [4.78, 5) is 11.8. The Morgan fingerprint density at radius 2 is 2.11 bits per heavy atom. The summed E-state index contributed by atoms with van der Waals surface area (Å²) >= 11 is 2.14. The van der Waals surface area contributed by atoms with Crippen molar-refractivity contribution in [2.75, 3.05) is 26.7 Å². The molecule has 102 valence electrons. The Hall–Kier alpha value is -0.530. The van der Waals surface area contributed by atoms with Crippen LogP contribution >= 0.6 is 35.0 Å². The van der Waals surface area contributed by atoms with Crippen LogP contribution in [0.4, 0.5) is 0 Å². The first-order valence-electron chi connectivity index (χ1n) is 5.51. The van der Waals surface area contributed by atoms with Crippen molar-refractivity contribution >= 4 is 40.9 Å². The molecule has 1 aromatic rings. The summed E-state index contributed by atoms with van der Waals surface area (Å²) in [6.07, 6.45) is 0. The maximum absolute atomic E-state index is 11.8. The van der Waals surface area contributed by atoms with Gasteiger partial charge in [-0.2, -0.15) is 0 Å². The van der Waals surface area contributed by atoms with Crippen molar-refractivity contribution in [2.45, 2.75) is 6.92 Å². The molecule has 1 amide bonds. The number of ether oxygens (including phenoxy) is 1. The number of carbonyl (C=O) groups is 1. The fourth-order valence-corrected chi connectivity index (χ4v) is 2.08. The van der Waals surface area contributed by atoms with E-state index in [-0.39, 0.29) is 18.3 Å². The lowest BCUT2D eigenvalue weighted by molar-refractivity contribution is 0.0953. The van der Waals surface area contributed by atoms with E-state index in [0.717, 1.165) is 22.4 Å². The molecule has 18 heavy (non-hydrogen) atoms. The summed E-state index contributed by atoms with van der Waals surface area (Å²) in [7, 11) is 1.61. The number of methoxy groups -OCH3 is 1. The van der Waals surface area contributed by atoms with Gasteiger partial charge < -0.3 is 15.4 Å². The van der Waals surface area contributed by atoms with Gasteiger partial charge in [-0.05, 0) is 47.3 Å². The van der Waals surface area contributed by atoms with E-state index in [0.29, 0.717) is 12.1 Å². The summed E-state index contributed by atoms with van der Waals surface area (Å²) in [6.45, 7) is 4.37. The van der Waals surface area contributed by atoms with Crippen molar-refractivity contribution in [2.24, 2.45) is 0 Å². The number of likely N-dealkylation sites (N-methyl/N-ethyl adjacent to an activating group) is 1. The second kappa shape index (κ2) is 9.41. The third-order valence-electron chi connectivity index (χ3n) is 2.26. The van der Waals surface area contributed by atoms with Gasteiger partial charge in [0.25, 0.3) is 5.91 Å². The maximum atomic E-state index is 11.8. The molecule has 4 nitrogen and oxygen atoms in total. The zero-order valence-corrected chi connectivity index (χ0v) is 13.4. The van der Waals surface area contributed by atoms with Crippen molar-refractivity contribution < 1.29 is 9.53 Å². The van der Waals surface area contributed by atoms with E-state index in [4.69, 9.17) is 4.74 Å². The van der Waals surface area contributed by atoms with Gasteiger partial charge in [0, 0.05) is 16.7 Å². The zero-order chi connectivity index (χ0) is 12.7. The van der Waals surface area contributed by atoms with Gasteiger partial charge in [0.2, 0.25) is 0 Å². The van der Waals surface area contributed by atoms with Gasteiger partial charge >= 0.3 is 0 Å². The molecule has 0 aliphatic heterocycles. The van der Waals surface area contributed by atoms with E-state index in [2.05, 4.69) is 33.2 Å². The van der Waals surface area contributed by atoms with Gasteiger partial charge in [-0.25, -0.2) is 0 Å². The van der Waals surface area contributed by atoms with Crippen LogP contribution in [-0.4, -0.2) is 32.7 Å². The molecule has 0 heterocycles. The third kappa shape index (κ3) is 5.41. The molecule has 6 heteroatoms. The smallest absolute Gasteiger partial charge is 0.252 e. The summed E-state index contributed by atoms with van der Waals surface area (Å²) in [6, 6.07) is 5.42. The molecule has 0 fully saturated rings. The van der Waals surface area contributed by atoms with E-state index in [9.17, 15) is 4.79 Å². The van der Waals surface area contributed by atoms with Gasteiger partial charge in [0.15, 0.2) is 0 Å². The standard InChI is InChI=1S/C12H17IN2O2.ClH/c1-3-14-6-7-15-12(16)10-5-4-9(17-2)8-11(10)13;/h4-5,8,14H,3,6-7H2,1-2H3,(H,15,16);1H. The Balaban J connectivity index is 0.00000289. The van der Waals surface area contributed by atoms with Crippen LogP contribution in [0.5, 0.6) is 5.75 Å². The molecule has 0 atom stereocenters. The van der Waals surface area contributed by atoms with E-state index in [1.54, 1.807) is 19.2 Å². The van der Waals surface area contributed by atoms with Gasteiger partial charge in [0.1, 0.15) is 5.75 Å². The summed E-state index contributed by atoms with van der Waals surface area (Å²) in [5.74, 6) is 0.716. The highest BCUT2D eigenvalue weighted by atomic mass is 127. The molecular weight excluding hydrogens is 367 g/mol. The molecule has 2 N–H and O–H groups in total. The molecule has 1 aromatic carbocycles. The van der Waals surface area contributed by atoms with Crippen LogP contribution in [0.1, 0.15) is 17.3 Å². The van der Waals surface area contributed by atoms with Crippen molar-refractivity contribution in [3.63, 3.8) is 0 Å². The van der Waals surface area contributed by atoms with E-state index >= 15 is 0 Å². The third-order valence-corrected chi connectivity index (χ3v) is 3.15. The summed E-state index contributed by atoms with van der Waals surface area (Å²) in [5, 5.41) is 6.02. The van der Waals surface area contributed by atoms with Crippen LogP contribution in [-0.2, 0) is 0 Å². The largest absolute Gasteiger partial charge is 0.497 e. The first-order valence-corrected chi connectivity index (χ1v) is 6.59. The predicted molar refractivity (Wildman–Crippen MR) is 83.8 cm³/mol. The van der Waals surface area contributed by atoms with Crippen LogP contribution in [0.15, 0.2) is 18.2 Å². The van der Waals surface area contributed by atoms with Crippen LogP contribution in [0, 0.1) is 3.57 Å². The van der Waals surface area contributed by atoms with E-state index in [1.807, 2.05) is 13.0 Å². The first kappa shape index (κ1) is 17.5. The second-order valence-corrected chi connectivity index (χ2v) is 4.62. The Labute approximate surface area is 127 Å². The molecule has 0 aromatic heterocycles. The number of amides is 1. The first-order chi connectivity index (χ1) is 8.19. The molecule has 0 radical (unpaired) electrons. The minimum absolute atomic E-state index is 0. The molecule has 0 aliphatic rings. The molecule has 0 spiro atoms. The molecule has 0 saturated carbocycles. The number of nitrogens with one attached hydrogen (secondary N) is 2. The molecular formula is C12H18ClIN2O2. The Kier molecular flexibility index (Phi) is 9.13. The van der Waals surface area contributed by atoms with E-state index < -0.39 is 0 Å². The lowest BCUT2D eigenvalue weighted by Gasteiger charge is -2.08. The normalized spacial score (nSPS) is 9.50. The van der Waals surface area contributed by atoms with E-state index in [1.165, 1.54) is 0 Å².